The van der Waals surface area contributed by atoms with Crippen molar-refractivity contribution in [2.24, 2.45) is 0 Å². The zero-order chi connectivity index (χ0) is 24.6. The van der Waals surface area contributed by atoms with Crippen LogP contribution >= 0.6 is 0 Å². The standard InChI is InChI=1S/C24H27N3O6S/c1-14-13-20-16(3)21(24(29)27-9-11-32-12-10-27)33-22(20)23(15(14)2)34(30,31)26-19-7-5-18(6-8-19)25-17(4)28/h5-8,13,26H,9-12H2,1-4H3,(H,25,28). The second-order valence-electron chi connectivity index (χ2n) is 8.35. The first kappa shape index (κ1) is 23.8. The highest BCUT2D eigenvalue weighted by molar-refractivity contribution is 7.93. The van der Waals surface area contributed by atoms with Crippen LogP contribution < -0.4 is 10.0 Å². The van der Waals surface area contributed by atoms with Gasteiger partial charge in [0.05, 0.1) is 13.2 Å². The Bertz CT molecular complexity index is 1370. The van der Waals surface area contributed by atoms with E-state index in [0.29, 0.717) is 54.2 Å². The van der Waals surface area contributed by atoms with Crippen LogP contribution in [-0.4, -0.2) is 51.4 Å². The van der Waals surface area contributed by atoms with Crippen LogP contribution in [0.25, 0.3) is 11.0 Å². The van der Waals surface area contributed by atoms with Crippen LogP contribution in [0, 0.1) is 20.8 Å². The molecule has 0 aliphatic carbocycles. The topological polar surface area (TPSA) is 118 Å². The van der Waals surface area contributed by atoms with Gasteiger partial charge in [-0.25, -0.2) is 8.42 Å². The maximum Gasteiger partial charge on any atom is 0.290 e. The summed E-state index contributed by atoms with van der Waals surface area (Å²) in [6.07, 6.45) is 0. The molecule has 3 aromatic rings. The number of carbonyl (C=O) groups excluding carboxylic acids is 2. The number of hydrogen-bond donors (Lipinski definition) is 2. The summed E-state index contributed by atoms with van der Waals surface area (Å²) in [6.45, 7) is 8.51. The fourth-order valence-electron chi connectivity index (χ4n) is 4.01. The molecule has 2 N–H and O–H groups in total. The fraction of sp³-hybridized carbons (Fsp3) is 0.333. The van der Waals surface area contributed by atoms with E-state index < -0.39 is 10.0 Å². The van der Waals surface area contributed by atoms with Crippen molar-refractivity contribution in [2.45, 2.75) is 32.6 Å². The molecule has 2 amide bonds. The lowest BCUT2D eigenvalue weighted by molar-refractivity contribution is -0.114. The molecule has 0 radical (unpaired) electrons. The van der Waals surface area contributed by atoms with E-state index in [2.05, 4.69) is 10.0 Å². The SMILES string of the molecule is CC(=O)Nc1ccc(NS(=O)(=O)c2c(C)c(C)cc3c(C)c(C(=O)N4CCOCC4)oc23)cc1. The van der Waals surface area contributed by atoms with Gasteiger partial charge in [-0.15, -0.1) is 0 Å². The highest BCUT2D eigenvalue weighted by Gasteiger charge is 2.30. The van der Waals surface area contributed by atoms with Gasteiger partial charge in [-0.3, -0.25) is 14.3 Å². The molecule has 9 nitrogen and oxygen atoms in total. The molecule has 4 rings (SSSR count). The molecule has 180 valence electrons. The van der Waals surface area contributed by atoms with Gasteiger partial charge in [0.25, 0.3) is 15.9 Å². The van der Waals surface area contributed by atoms with Gasteiger partial charge >= 0.3 is 0 Å². The van der Waals surface area contributed by atoms with Crippen molar-refractivity contribution < 1.29 is 27.2 Å². The number of hydrogen-bond acceptors (Lipinski definition) is 6. The summed E-state index contributed by atoms with van der Waals surface area (Å²) in [5.41, 5.74) is 2.94. The number of fused-ring (bicyclic) bond motifs is 1. The van der Waals surface area contributed by atoms with Gasteiger partial charge in [0, 0.05) is 42.3 Å². The summed E-state index contributed by atoms with van der Waals surface area (Å²) < 4.78 is 40.9. The van der Waals surface area contributed by atoms with Gasteiger partial charge in [0.1, 0.15) is 4.90 Å². The van der Waals surface area contributed by atoms with Gasteiger partial charge in [0.2, 0.25) is 5.91 Å². The number of furan rings is 1. The summed E-state index contributed by atoms with van der Waals surface area (Å²) >= 11 is 0. The third-order valence-electron chi connectivity index (χ3n) is 5.91. The predicted octanol–water partition coefficient (Wildman–Crippen LogP) is 3.59. The molecule has 0 unspecified atom stereocenters. The number of carbonyl (C=O) groups is 2. The molecule has 1 fully saturated rings. The molecular formula is C24H27N3O6S. The number of aryl methyl sites for hydroxylation is 2. The summed E-state index contributed by atoms with van der Waals surface area (Å²) in [7, 11) is -4.06. The number of anilines is 2. The summed E-state index contributed by atoms with van der Waals surface area (Å²) in [4.78, 5) is 26.0. The van der Waals surface area contributed by atoms with E-state index in [9.17, 15) is 18.0 Å². The summed E-state index contributed by atoms with van der Waals surface area (Å²) in [6, 6.07) is 8.18. The fourth-order valence-corrected chi connectivity index (χ4v) is 5.52. The zero-order valence-electron chi connectivity index (χ0n) is 19.5. The molecule has 1 aliphatic rings. The minimum Gasteiger partial charge on any atom is -0.449 e. The molecule has 0 atom stereocenters. The second kappa shape index (κ2) is 9.11. The third-order valence-corrected chi connectivity index (χ3v) is 7.44. The number of ether oxygens (including phenoxy) is 1. The number of sulfonamides is 1. The van der Waals surface area contributed by atoms with Crippen molar-refractivity contribution in [1.82, 2.24) is 4.90 Å². The van der Waals surface area contributed by atoms with Crippen LogP contribution in [0.3, 0.4) is 0 Å². The van der Waals surface area contributed by atoms with Crippen LogP contribution in [0.4, 0.5) is 11.4 Å². The Kier molecular flexibility index (Phi) is 6.37. The van der Waals surface area contributed by atoms with E-state index in [1.165, 1.54) is 6.92 Å². The van der Waals surface area contributed by atoms with Crippen LogP contribution in [0.2, 0.25) is 0 Å². The number of morpholine rings is 1. The van der Waals surface area contributed by atoms with E-state index in [4.69, 9.17) is 9.15 Å². The molecule has 34 heavy (non-hydrogen) atoms. The highest BCUT2D eigenvalue weighted by atomic mass is 32.2. The van der Waals surface area contributed by atoms with Crippen LogP contribution in [0.15, 0.2) is 39.6 Å². The molecule has 10 heteroatoms. The van der Waals surface area contributed by atoms with E-state index in [1.54, 1.807) is 43.0 Å². The van der Waals surface area contributed by atoms with Crippen molar-refractivity contribution >= 4 is 44.2 Å². The lowest BCUT2D eigenvalue weighted by Crippen LogP contribution is -2.40. The van der Waals surface area contributed by atoms with Crippen molar-refractivity contribution in [3.05, 3.63) is 52.8 Å². The highest BCUT2D eigenvalue weighted by Crippen LogP contribution is 2.36. The number of nitrogens with one attached hydrogen (secondary N) is 2. The zero-order valence-corrected chi connectivity index (χ0v) is 20.3. The molecule has 0 saturated carbocycles. The average Bonchev–Trinajstić information content (AvgIpc) is 3.10. The van der Waals surface area contributed by atoms with Crippen LogP contribution in [0.1, 0.15) is 34.2 Å². The second-order valence-corrected chi connectivity index (χ2v) is 9.97. The van der Waals surface area contributed by atoms with Gasteiger partial charge in [0.15, 0.2) is 11.3 Å². The number of rotatable bonds is 5. The first-order valence-electron chi connectivity index (χ1n) is 10.9. The molecule has 0 bridgehead atoms. The Morgan fingerprint density at radius 3 is 2.21 bits per heavy atom. The van der Waals surface area contributed by atoms with Crippen molar-refractivity contribution in [3.8, 4) is 0 Å². The van der Waals surface area contributed by atoms with E-state index >= 15 is 0 Å². The molecule has 2 aromatic carbocycles. The van der Waals surface area contributed by atoms with Crippen LogP contribution in [-0.2, 0) is 19.6 Å². The van der Waals surface area contributed by atoms with Crippen molar-refractivity contribution in [3.63, 3.8) is 0 Å². The normalized spacial score (nSPS) is 14.3. The first-order chi connectivity index (χ1) is 16.1. The lowest BCUT2D eigenvalue weighted by Gasteiger charge is -2.26. The maximum absolute atomic E-state index is 13.5. The number of benzene rings is 2. The smallest absolute Gasteiger partial charge is 0.290 e. The van der Waals surface area contributed by atoms with Gasteiger partial charge in [-0.1, -0.05) is 0 Å². The maximum atomic E-state index is 13.5. The minimum atomic E-state index is -4.06. The quantitative estimate of drug-likeness (QED) is 0.570. The number of amides is 2. The Morgan fingerprint density at radius 1 is 0.971 bits per heavy atom. The molecule has 1 aromatic heterocycles. The van der Waals surface area contributed by atoms with Gasteiger partial charge < -0.3 is 19.4 Å². The first-order valence-corrected chi connectivity index (χ1v) is 12.4. The Balaban J connectivity index is 1.75. The number of nitrogens with zero attached hydrogens (tertiary/aromatic N) is 1. The Morgan fingerprint density at radius 2 is 1.59 bits per heavy atom. The molecule has 1 saturated heterocycles. The Hall–Kier alpha value is -3.37. The van der Waals surface area contributed by atoms with E-state index in [0.717, 1.165) is 5.56 Å². The van der Waals surface area contributed by atoms with Crippen molar-refractivity contribution in [1.29, 1.82) is 0 Å². The lowest BCUT2D eigenvalue weighted by atomic mass is 10.0. The monoisotopic (exact) mass is 485 g/mol. The van der Waals surface area contributed by atoms with Crippen molar-refractivity contribution in [2.75, 3.05) is 36.3 Å². The molecular weight excluding hydrogens is 458 g/mol. The minimum absolute atomic E-state index is 0.00225. The molecule has 2 heterocycles. The summed E-state index contributed by atoms with van der Waals surface area (Å²) in [5.74, 6) is -0.364. The van der Waals surface area contributed by atoms with E-state index in [1.807, 2.05) is 13.0 Å². The van der Waals surface area contributed by atoms with Crippen LogP contribution in [0.5, 0.6) is 0 Å². The van der Waals surface area contributed by atoms with Gasteiger partial charge in [-0.05, 0) is 62.2 Å². The average molecular weight is 486 g/mol. The van der Waals surface area contributed by atoms with E-state index in [-0.39, 0.29) is 28.1 Å². The van der Waals surface area contributed by atoms with Gasteiger partial charge in [-0.2, -0.15) is 0 Å². The predicted molar refractivity (Wildman–Crippen MR) is 129 cm³/mol. The molecule has 0 spiro atoms. The third kappa shape index (κ3) is 4.51. The Labute approximate surface area is 198 Å². The largest absolute Gasteiger partial charge is 0.449 e. The molecule has 1 aliphatic heterocycles. The summed E-state index contributed by atoms with van der Waals surface area (Å²) in [5, 5.41) is 3.22.